The third kappa shape index (κ3) is 3.44. The first-order valence-electron chi connectivity index (χ1n) is 6.31. The molecule has 0 atom stereocenters. The zero-order chi connectivity index (χ0) is 16.4. The number of carbonyl (C=O) groups is 1. The Morgan fingerprint density at radius 1 is 1.35 bits per heavy atom. The number of hydrogen-bond acceptors (Lipinski definition) is 7. The van der Waals surface area contributed by atoms with E-state index in [1.165, 1.54) is 11.3 Å². The molecular weight excluding hydrogens is 361 g/mol. The average molecular weight is 370 g/mol. The van der Waals surface area contributed by atoms with Crippen LogP contribution < -0.4 is 11.1 Å². The number of halogens is 2. The van der Waals surface area contributed by atoms with Gasteiger partial charge in [-0.2, -0.15) is 0 Å². The van der Waals surface area contributed by atoms with Crippen LogP contribution in [-0.4, -0.2) is 21.2 Å². The van der Waals surface area contributed by atoms with Crippen LogP contribution in [0.2, 0.25) is 10.0 Å². The zero-order valence-corrected chi connectivity index (χ0v) is 13.7. The topological polar surface area (TPSA) is 107 Å². The quantitative estimate of drug-likeness (QED) is 0.730. The third-order valence-corrected chi connectivity index (χ3v) is 4.51. The summed E-state index contributed by atoms with van der Waals surface area (Å²) in [5.74, 6) is -0.125. The fourth-order valence-electron chi connectivity index (χ4n) is 1.83. The molecule has 3 rings (SSSR count). The molecule has 0 fully saturated rings. The molecule has 0 unspecified atom stereocenters. The molecule has 0 aliphatic heterocycles. The molecule has 0 aliphatic carbocycles. The minimum atomic E-state index is -0.263. The molecule has 1 aromatic carbocycles. The molecule has 3 N–H and O–H groups in total. The summed E-state index contributed by atoms with van der Waals surface area (Å²) < 4.78 is 4.52. The number of rotatable bonds is 4. The van der Waals surface area contributed by atoms with Crippen molar-refractivity contribution in [3.05, 3.63) is 39.2 Å². The van der Waals surface area contributed by atoms with Crippen molar-refractivity contribution in [1.82, 2.24) is 15.3 Å². The van der Waals surface area contributed by atoms with Gasteiger partial charge < -0.3 is 11.1 Å². The van der Waals surface area contributed by atoms with Gasteiger partial charge in [-0.15, -0.1) is 11.3 Å². The van der Waals surface area contributed by atoms with Crippen LogP contribution in [0.25, 0.3) is 11.4 Å². The second-order valence-corrected chi connectivity index (χ2v) is 6.12. The van der Waals surface area contributed by atoms with Gasteiger partial charge in [0.1, 0.15) is 5.69 Å². The standard InChI is InChI=1S/C13H9Cl2N5O2S/c14-7-3-1-2-6(10(7)15)4-9(21)18-13-17-8(5-23-13)11-12(16)20-22-19-11/h1-3,5H,4H2,(H2,16,20)(H,17,18,21). The highest BCUT2D eigenvalue weighted by atomic mass is 35.5. The molecule has 10 heteroatoms. The molecular formula is C13H9Cl2N5O2S. The fourth-order valence-corrected chi connectivity index (χ4v) is 2.93. The Balaban J connectivity index is 1.70. The van der Waals surface area contributed by atoms with Crippen molar-refractivity contribution in [3.63, 3.8) is 0 Å². The van der Waals surface area contributed by atoms with Gasteiger partial charge in [-0.05, 0) is 21.9 Å². The van der Waals surface area contributed by atoms with Gasteiger partial charge in [-0.25, -0.2) is 9.61 Å². The van der Waals surface area contributed by atoms with E-state index in [0.29, 0.717) is 32.1 Å². The maximum absolute atomic E-state index is 12.1. The summed E-state index contributed by atoms with van der Waals surface area (Å²) in [6.45, 7) is 0. The number of thiazole rings is 1. The van der Waals surface area contributed by atoms with Crippen molar-refractivity contribution in [2.45, 2.75) is 6.42 Å². The van der Waals surface area contributed by atoms with Crippen molar-refractivity contribution in [1.29, 1.82) is 0 Å². The van der Waals surface area contributed by atoms with E-state index in [1.54, 1.807) is 23.6 Å². The van der Waals surface area contributed by atoms with Crippen LogP contribution in [0.15, 0.2) is 28.2 Å². The minimum absolute atomic E-state index is 0.0853. The highest BCUT2D eigenvalue weighted by molar-refractivity contribution is 7.14. The van der Waals surface area contributed by atoms with Crippen LogP contribution in [0.5, 0.6) is 0 Å². The summed E-state index contributed by atoms with van der Waals surface area (Å²) in [5, 5.41) is 12.7. The molecule has 0 saturated carbocycles. The van der Waals surface area contributed by atoms with Gasteiger partial charge in [0.05, 0.1) is 16.5 Å². The summed E-state index contributed by atoms with van der Waals surface area (Å²) in [7, 11) is 0. The lowest BCUT2D eigenvalue weighted by molar-refractivity contribution is -0.115. The number of hydrogen-bond donors (Lipinski definition) is 2. The van der Waals surface area contributed by atoms with E-state index in [0.717, 1.165) is 0 Å². The van der Waals surface area contributed by atoms with Gasteiger partial charge in [-0.1, -0.05) is 35.3 Å². The van der Waals surface area contributed by atoms with Gasteiger partial charge in [0.2, 0.25) is 5.91 Å². The van der Waals surface area contributed by atoms with E-state index in [2.05, 4.69) is 25.2 Å². The number of nitrogens with two attached hydrogens (primary N) is 1. The monoisotopic (exact) mass is 369 g/mol. The summed E-state index contributed by atoms with van der Waals surface area (Å²) in [6.07, 6.45) is 0.0853. The molecule has 2 heterocycles. The maximum atomic E-state index is 12.1. The van der Waals surface area contributed by atoms with E-state index < -0.39 is 0 Å². The number of aromatic nitrogens is 3. The minimum Gasteiger partial charge on any atom is -0.379 e. The average Bonchev–Trinajstić information content (AvgIpc) is 3.12. The Bertz CT molecular complexity index is 864. The van der Waals surface area contributed by atoms with Crippen LogP contribution in [0, 0.1) is 0 Å². The summed E-state index contributed by atoms with van der Waals surface area (Å²) in [4.78, 5) is 16.3. The molecule has 7 nitrogen and oxygen atoms in total. The van der Waals surface area contributed by atoms with Crippen molar-refractivity contribution in [3.8, 4) is 11.4 Å². The molecule has 1 amide bonds. The lowest BCUT2D eigenvalue weighted by Gasteiger charge is -2.05. The maximum Gasteiger partial charge on any atom is 0.230 e. The smallest absolute Gasteiger partial charge is 0.230 e. The first-order chi connectivity index (χ1) is 11.0. The Kier molecular flexibility index (Phi) is 4.46. The first kappa shape index (κ1) is 15.7. The van der Waals surface area contributed by atoms with Crippen molar-refractivity contribution in [2.75, 3.05) is 11.1 Å². The summed E-state index contributed by atoms with van der Waals surface area (Å²) in [5.41, 5.74) is 7.05. The number of nitrogens with zero attached hydrogens (tertiary/aromatic N) is 3. The zero-order valence-electron chi connectivity index (χ0n) is 11.4. The number of anilines is 2. The van der Waals surface area contributed by atoms with Crippen LogP contribution in [0.3, 0.4) is 0 Å². The predicted octanol–water partition coefficient (Wildman–Crippen LogP) is 3.26. The van der Waals surface area contributed by atoms with Crippen LogP contribution in [0.4, 0.5) is 10.9 Å². The molecule has 0 bridgehead atoms. The SMILES string of the molecule is Nc1nonc1-c1csc(NC(=O)Cc2cccc(Cl)c2Cl)n1. The van der Waals surface area contributed by atoms with E-state index in [4.69, 9.17) is 28.9 Å². The first-order valence-corrected chi connectivity index (χ1v) is 7.95. The van der Waals surface area contributed by atoms with Gasteiger partial charge in [-0.3, -0.25) is 4.79 Å². The molecule has 0 spiro atoms. The van der Waals surface area contributed by atoms with Gasteiger partial charge in [0.15, 0.2) is 16.6 Å². The molecule has 0 aliphatic rings. The summed E-state index contributed by atoms with van der Waals surface area (Å²) >= 11 is 13.2. The van der Waals surface area contributed by atoms with Gasteiger partial charge in [0, 0.05) is 5.38 Å². The van der Waals surface area contributed by atoms with E-state index in [1.807, 2.05) is 0 Å². The normalized spacial score (nSPS) is 10.7. The number of nitrogen functional groups attached to an aromatic ring is 1. The molecule has 2 aromatic heterocycles. The number of nitrogens with one attached hydrogen (secondary N) is 1. The molecule has 0 saturated heterocycles. The second kappa shape index (κ2) is 6.53. The van der Waals surface area contributed by atoms with Crippen molar-refractivity contribution in [2.24, 2.45) is 0 Å². The van der Waals surface area contributed by atoms with Gasteiger partial charge in [0.25, 0.3) is 0 Å². The molecule has 118 valence electrons. The van der Waals surface area contributed by atoms with E-state index in [-0.39, 0.29) is 18.1 Å². The fraction of sp³-hybridized carbons (Fsp3) is 0.0769. The Hall–Kier alpha value is -2.16. The largest absolute Gasteiger partial charge is 0.379 e. The Morgan fingerprint density at radius 2 is 2.17 bits per heavy atom. The Labute approximate surface area is 144 Å². The van der Waals surface area contributed by atoms with E-state index in [9.17, 15) is 4.79 Å². The molecule has 3 aromatic rings. The highest BCUT2D eigenvalue weighted by Crippen LogP contribution is 2.28. The van der Waals surface area contributed by atoms with Crippen LogP contribution in [-0.2, 0) is 11.2 Å². The second-order valence-electron chi connectivity index (χ2n) is 4.47. The van der Waals surface area contributed by atoms with Crippen LogP contribution in [0.1, 0.15) is 5.56 Å². The van der Waals surface area contributed by atoms with Crippen LogP contribution >= 0.6 is 34.5 Å². The number of amides is 1. The third-order valence-electron chi connectivity index (χ3n) is 2.89. The Morgan fingerprint density at radius 3 is 2.91 bits per heavy atom. The summed E-state index contributed by atoms with van der Waals surface area (Å²) in [6, 6.07) is 5.14. The predicted molar refractivity (Wildman–Crippen MR) is 88.6 cm³/mol. The highest BCUT2D eigenvalue weighted by Gasteiger charge is 2.15. The number of carbonyl (C=O) groups excluding carboxylic acids is 1. The van der Waals surface area contributed by atoms with E-state index >= 15 is 0 Å². The lowest BCUT2D eigenvalue weighted by Crippen LogP contribution is -2.14. The molecule has 0 radical (unpaired) electrons. The van der Waals surface area contributed by atoms with Crippen molar-refractivity contribution < 1.29 is 9.42 Å². The molecule has 23 heavy (non-hydrogen) atoms. The lowest BCUT2D eigenvalue weighted by atomic mass is 10.1. The van der Waals surface area contributed by atoms with Crippen molar-refractivity contribution >= 4 is 51.4 Å². The van der Waals surface area contributed by atoms with Gasteiger partial charge >= 0.3 is 0 Å². The number of benzene rings is 1.